The van der Waals surface area contributed by atoms with Gasteiger partial charge in [0, 0.05) is 42.3 Å². The van der Waals surface area contributed by atoms with Gasteiger partial charge in [0.1, 0.15) is 0 Å². The van der Waals surface area contributed by atoms with E-state index in [1.807, 2.05) is 54.7 Å². The summed E-state index contributed by atoms with van der Waals surface area (Å²) in [6, 6.07) is 17.2. The minimum absolute atomic E-state index is 0.0327. The van der Waals surface area contributed by atoms with Gasteiger partial charge in [-0.05, 0) is 30.2 Å². The number of hydrogen-bond donors (Lipinski definition) is 3. The molecular formula is C21H22N4O2. The molecule has 1 aromatic heterocycles. The predicted octanol–water partition coefficient (Wildman–Crippen LogP) is 2.82. The van der Waals surface area contributed by atoms with Gasteiger partial charge in [-0.3, -0.25) is 4.79 Å². The Bertz CT molecular complexity index is 951. The Balaban J connectivity index is 1.27. The molecule has 2 aromatic carbocycles. The first-order valence-corrected chi connectivity index (χ1v) is 9.15. The summed E-state index contributed by atoms with van der Waals surface area (Å²) in [6.07, 6.45) is 3.06. The van der Waals surface area contributed by atoms with Crippen molar-refractivity contribution >= 4 is 28.5 Å². The number of carbonyl (C=O) groups is 2. The number of amides is 3. The summed E-state index contributed by atoms with van der Waals surface area (Å²) >= 11 is 0. The third kappa shape index (κ3) is 3.79. The number of aromatic nitrogens is 1. The van der Waals surface area contributed by atoms with Crippen LogP contribution in [0.3, 0.4) is 0 Å². The SMILES string of the molecule is O=C(NCCc1c[nH]c2ccccc12)N[C@@H]1CC(=O)N(c2ccccc2)C1. The number of anilines is 1. The number of nitrogens with one attached hydrogen (secondary N) is 3. The van der Waals surface area contributed by atoms with Crippen molar-refractivity contribution in [3.8, 4) is 0 Å². The molecule has 3 amide bonds. The van der Waals surface area contributed by atoms with Crippen molar-refractivity contribution in [3.05, 3.63) is 66.4 Å². The highest BCUT2D eigenvalue weighted by atomic mass is 16.2. The minimum Gasteiger partial charge on any atom is -0.361 e. The molecule has 138 valence electrons. The van der Waals surface area contributed by atoms with Crippen LogP contribution in [0.25, 0.3) is 10.9 Å². The molecule has 3 N–H and O–H groups in total. The van der Waals surface area contributed by atoms with Crippen LogP contribution >= 0.6 is 0 Å². The van der Waals surface area contributed by atoms with E-state index < -0.39 is 0 Å². The predicted molar refractivity (Wildman–Crippen MR) is 106 cm³/mol. The van der Waals surface area contributed by atoms with Crippen LogP contribution in [0.2, 0.25) is 0 Å². The van der Waals surface area contributed by atoms with E-state index >= 15 is 0 Å². The Kier molecular flexibility index (Phi) is 4.78. The van der Waals surface area contributed by atoms with Crippen LogP contribution in [0.5, 0.6) is 0 Å². The van der Waals surface area contributed by atoms with Crippen LogP contribution in [0.4, 0.5) is 10.5 Å². The molecule has 0 saturated carbocycles. The second kappa shape index (κ2) is 7.53. The summed E-state index contributed by atoms with van der Waals surface area (Å²) in [7, 11) is 0. The first kappa shape index (κ1) is 17.1. The lowest BCUT2D eigenvalue weighted by atomic mass is 10.1. The van der Waals surface area contributed by atoms with Crippen LogP contribution in [-0.4, -0.2) is 36.1 Å². The van der Waals surface area contributed by atoms with Gasteiger partial charge in [0.2, 0.25) is 5.91 Å². The van der Waals surface area contributed by atoms with Crippen LogP contribution in [0, 0.1) is 0 Å². The van der Waals surface area contributed by atoms with Gasteiger partial charge in [-0.2, -0.15) is 0 Å². The van der Waals surface area contributed by atoms with Crippen molar-refractivity contribution in [2.75, 3.05) is 18.0 Å². The van der Waals surface area contributed by atoms with E-state index in [4.69, 9.17) is 0 Å². The molecule has 1 aliphatic heterocycles. The molecule has 0 radical (unpaired) electrons. The standard InChI is InChI=1S/C21H22N4O2/c26-20-12-16(14-25(20)17-6-2-1-3-7-17)24-21(27)22-11-10-15-13-23-19-9-5-4-8-18(15)19/h1-9,13,16,23H,10-12,14H2,(H2,22,24,27)/t16-/m1/s1. The van der Waals surface area contributed by atoms with E-state index in [2.05, 4.69) is 21.7 Å². The van der Waals surface area contributed by atoms with Crippen molar-refractivity contribution in [1.82, 2.24) is 15.6 Å². The van der Waals surface area contributed by atoms with Crippen molar-refractivity contribution in [3.63, 3.8) is 0 Å². The van der Waals surface area contributed by atoms with Gasteiger partial charge >= 0.3 is 6.03 Å². The number of para-hydroxylation sites is 2. The zero-order valence-electron chi connectivity index (χ0n) is 14.9. The first-order chi connectivity index (χ1) is 13.2. The highest BCUT2D eigenvalue weighted by Crippen LogP contribution is 2.21. The summed E-state index contributed by atoms with van der Waals surface area (Å²) in [4.78, 5) is 29.4. The number of H-pyrrole nitrogens is 1. The molecule has 1 atom stereocenters. The molecule has 6 nitrogen and oxygen atoms in total. The number of urea groups is 1. The smallest absolute Gasteiger partial charge is 0.315 e. The number of rotatable bonds is 5. The molecule has 0 aliphatic carbocycles. The molecule has 4 rings (SSSR count). The van der Waals surface area contributed by atoms with Gasteiger partial charge in [0.15, 0.2) is 0 Å². The lowest BCUT2D eigenvalue weighted by Crippen LogP contribution is -2.43. The fourth-order valence-electron chi connectivity index (χ4n) is 3.55. The van der Waals surface area contributed by atoms with E-state index in [0.29, 0.717) is 19.5 Å². The Morgan fingerprint density at radius 2 is 1.89 bits per heavy atom. The van der Waals surface area contributed by atoms with Crippen LogP contribution in [0.15, 0.2) is 60.8 Å². The average Bonchev–Trinajstić information content (AvgIpc) is 3.26. The molecule has 1 aliphatic rings. The second-order valence-corrected chi connectivity index (χ2v) is 6.75. The monoisotopic (exact) mass is 362 g/mol. The number of carbonyl (C=O) groups excluding carboxylic acids is 2. The summed E-state index contributed by atoms with van der Waals surface area (Å²) in [6.45, 7) is 1.04. The highest BCUT2D eigenvalue weighted by Gasteiger charge is 2.31. The fraction of sp³-hybridized carbons (Fsp3) is 0.238. The van der Waals surface area contributed by atoms with Gasteiger partial charge in [0.25, 0.3) is 0 Å². The molecule has 6 heteroatoms. The van der Waals surface area contributed by atoms with E-state index in [-0.39, 0.29) is 18.0 Å². The molecule has 1 saturated heterocycles. The maximum atomic E-state index is 12.2. The fourth-order valence-corrected chi connectivity index (χ4v) is 3.55. The molecular weight excluding hydrogens is 340 g/mol. The molecule has 1 fully saturated rings. The topological polar surface area (TPSA) is 77.2 Å². The van der Waals surface area contributed by atoms with Crippen molar-refractivity contribution in [1.29, 1.82) is 0 Å². The van der Waals surface area contributed by atoms with Gasteiger partial charge in [-0.25, -0.2) is 4.79 Å². The van der Waals surface area contributed by atoms with Crippen molar-refractivity contribution in [2.24, 2.45) is 0 Å². The lowest BCUT2D eigenvalue weighted by molar-refractivity contribution is -0.117. The van der Waals surface area contributed by atoms with E-state index in [1.54, 1.807) is 4.90 Å². The third-order valence-electron chi connectivity index (χ3n) is 4.88. The number of nitrogens with zero attached hydrogens (tertiary/aromatic N) is 1. The van der Waals surface area contributed by atoms with Gasteiger partial charge in [0.05, 0.1) is 6.04 Å². The van der Waals surface area contributed by atoms with Crippen molar-refractivity contribution in [2.45, 2.75) is 18.9 Å². The average molecular weight is 362 g/mol. The quantitative estimate of drug-likeness (QED) is 0.653. The largest absolute Gasteiger partial charge is 0.361 e. The number of aromatic amines is 1. The Morgan fingerprint density at radius 1 is 1.11 bits per heavy atom. The van der Waals surface area contributed by atoms with Gasteiger partial charge < -0.3 is 20.5 Å². The molecule has 27 heavy (non-hydrogen) atoms. The second-order valence-electron chi connectivity index (χ2n) is 6.75. The summed E-state index contributed by atoms with van der Waals surface area (Å²) in [5.74, 6) is 0.0327. The van der Waals surface area contributed by atoms with Gasteiger partial charge in [-0.15, -0.1) is 0 Å². The number of hydrogen-bond acceptors (Lipinski definition) is 2. The first-order valence-electron chi connectivity index (χ1n) is 9.15. The molecule has 2 heterocycles. The highest BCUT2D eigenvalue weighted by molar-refractivity contribution is 5.96. The zero-order chi connectivity index (χ0) is 18.6. The maximum Gasteiger partial charge on any atom is 0.315 e. The summed E-state index contributed by atoms with van der Waals surface area (Å²) in [5, 5.41) is 6.97. The third-order valence-corrected chi connectivity index (χ3v) is 4.88. The molecule has 0 unspecified atom stereocenters. The minimum atomic E-state index is -0.234. The van der Waals surface area contributed by atoms with E-state index in [9.17, 15) is 9.59 Å². The normalized spacial score (nSPS) is 16.7. The number of benzene rings is 2. The summed E-state index contributed by atoms with van der Waals surface area (Å²) < 4.78 is 0. The lowest BCUT2D eigenvalue weighted by Gasteiger charge is -2.17. The molecule has 0 bridgehead atoms. The molecule has 3 aromatic rings. The Morgan fingerprint density at radius 3 is 2.74 bits per heavy atom. The Hall–Kier alpha value is -3.28. The molecule has 0 spiro atoms. The van der Waals surface area contributed by atoms with E-state index in [1.165, 1.54) is 10.9 Å². The maximum absolute atomic E-state index is 12.2. The van der Waals surface area contributed by atoms with Crippen LogP contribution in [0.1, 0.15) is 12.0 Å². The van der Waals surface area contributed by atoms with Crippen molar-refractivity contribution < 1.29 is 9.59 Å². The van der Waals surface area contributed by atoms with E-state index in [0.717, 1.165) is 17.6 Å². The zero-order valence-corrected chi connectivity index (χ0v) is 14.9. The van der Waals surface area contributed by atoms with Crippen LogP contribution < -0.4 is 15.5 Å². The summed E-state index contributed by atoms with van der Waals surface area (Å²) in [5.41, 5.74) is 3.14. The number of fused-ring (bicyclic) bond motifs is 1. The van der Waals surface area contributed by atoms with Crippen LogP contribution in [-0.2, 0) is 11.2 Å². The van der Waals surface area contributed by atoms with Gasteiger partial charge in [-0.1, -0.05) is 36.4 Å². The Labute approximate surface area is 157 Å².